The van der Waals surface area contributed by atoms with Crippen LogP contribution in [0.2, 0.25) is 10.0 Å². The summed E-state index contributed by atoms with van der Waals surface area (Å²) in [6, 6.07) is 5.69. The average Bonchev–Trinajstić information content (AvgIpc) is 2.59. The van der Waals surface area contributed by atoms with Crippen molar-refractivity contribution in [3.8, 4) is 0 Å². The van der Waals surface area contributed by atoms with E-state index < -0.39 is 5.54 Å². The van der Waals surface area contributed by atoms with Crippen LogP contribution in [0.15, 0.2) is 18.2 Å². The molecule has 1 aromatic rings. The third-order valence-electron chi connectivity index (χ3n) is 5.31. The number of nitrogens with one attached hydrogen (secondary N) is 1. The largest absolute Gasteiger partial charge is 0.381 e. The maximum Gasteiger partial charge on any atom is 0.240 e. The molecule has 1 heterocycles. The van der Waals surface area contributed by atoms with Crippen molar-refractivity contribution in [1.82, 2.24) is 5.32 Å². The van der Waals surface area contributed by atoms with Crippen LogP contribution in [0.25, 0.3) is 0 Å². The lowest BCUT2D eigenvalue weighted by molar-refractivity contribution is -0.130. The molecule has 1 saturated heterocycles. The van der Waals surface area contributed by atoms with Crippen LogP contribution in [-0.2, 0) is 14.9 Å². The van der Waals surface area contributed by atoms with Crippen molar-refractivity contribution < 1.29 is 9.53 Å². The van der Waals surface area contributed by atoms with Gasteiger partial charge in [-0.3, -0.25) is 4.79 Å². The molecule has 7 heteroatoms. The molecule has 3 N–H and O–H groups in total. The third-order valence-corrected chi connectivity index (χ3v) is 6.05. The van der Waals surface area contributed by atoms with Crippen LogP contribution in [0.3, 0.4) is 0 Å². The SMILES string of the molecule is CCC(CC)(CNC(=O)C1(N)CCOCC1)c1ccc(Cl)c(Cl)c1.Cl. The molecule has 0 atom stereocenters. The topological polar surface area (TPSA) is 64.4 Å². The Bertz CT molecular complexity index is 586. The Morgan fingerprint density at radius 2 is 1.84 bits per heavy atom. The monoisotopic (exact) mass is 408 g/mol. The highest BCUT2D eigenvalue weighted by atomic mass is 35.5. The van der Waals surface area contributed by atoms with E-state index in [9.17, 15) is 4.79 Å². The van der Waals surface area contributed by atoms with E-state index in [0.717, 1.165) is 18.4 Å². The van der Waals surface area contributed by atoms with E-state index in [1.54, 1.807) is 0 Å². The summed E-state index contributed by atoms with van der Waals surface area (Å²) < 4.78 is 5.31. The Balaban J connectivity index is 0.00000312. The maximum atomic E-state index is 12.6. The average molecular weight is 410 g/mol. The van der Waals surface area contributed by atoms with Gasteiger partial charge in [0.25, 0.3) is 0 Å². The number of nitrogens with two attached hydrogens (primary N) is 1. The van der Waals surface area contributed by atoms with Crippen LogP contribution in [-0.4, -0.2) is 31.2 Å². The van der Waals surface area contributed by atoms with E-state index in [1.165, 1.54) is 0 Å². The molecule has 1 fully saturated rings. The molecule has 0 aliphatic carbocycles. The standard InChI is InChI=1S/C18H26Cl2N2O2.ClH/c1-3-17(4-2,13-5-6-14(19)15(20)11-13)12-22-16(23)18(21)7-9-24-10-8-18;/h5-6,11H,3-4,7-10,12,21H2,1-2H3,(H,22,23);1H. The summed E-state index contributed by atoms with van der Waals surface area (Å²) in [6.45, 7) is 5.82. The molecule has 0 radical (unpaired) electrons. The van der Waals surface area contributed by atoms with Crippen molar-refractivity contribution in [2.75, 3.05) is 19.8 Å². The van der Waals surface area contributed by atoms with E-state index in [2.05, 4.69) is 19.2 Å². The fourth-order valence-electron chi connectivity index (χ4n) is 3.22. The maximum absolute atomic E-state index is 12.6. The number of ether oxygens (including phenoxy) is 1. The molecule has 1 aliphatic heterocycles. The Morgan fingerprint density at radius 1 is 1.24 bits per heavy atom. The first-order valence-corrected chi connectivity index (χ1v) is 9.23. The second-order valence-electron chi connectivity index (χ2n) is 6.57. The summed E-state index contributed by atoms with van der Waals surface area (Å²) in [6.07, 6.45) is 2.86. The van der Waals surface area contributed by atoms with Gasteiger partial charge >= 0.3 is 0 Å². The summed E-state index contributed by atoms with van der Waals surface area (Å²) >= 11 is 12.2. The highest BCUT2D eigenvalue weighted by Crippen LogP contribution is 2.35. The van der Waals surface area contributed by atoms with Crippen molar-refractivity contribution in [2.24, 2.45) is 5.73 Å². The molecule has 142 valence electrons. The summed E-state index contributed by atoms with van der Waals surface area (Å²) in [5.41, 5.74) is 6.33. The van der Waals surface area contributed by atoms with Crippen LogP contribution in [0.4, 0.5) is 0 Å². The predicted octanol–water partition coefficient (Wildman–Crippen LogP) is 4.10. The molecule has 0 spiro atoms. The Morgan fingerprint density at radius 3 is 2.36 bits per heavy atom. The molecule has 0 bridgehead atoms. The van der Waals surface area contributed by atoms with Crippen LogP contribution in [0.5, 0.6) is 0 Å². The summed E-state index contributed by atoms with van der Waals surface area (Å²) in [5.74, 6) is -0.0999. The van der Waals surface area contributed by atoms with Gasteiger partial charge in [0.1, 0.15) is 0 Å². The van der Waals surface area contributed by atoms with Gasteiger partial charge in [-0.15, -0.1) is 12.4 Å². The summed E-state index contributed by atoms with van der Waals surface area (Å²) in [4.78, 5) is 12.6. The van der Waals surface area contributed by atoms with Gasteiger partial charge in [-0.05, 0) is 43.4 Å². The minimum absolute atomic E-state index is 0. The van der Waals surface area contributed by atoms with Crippen LogP contribution >= 0.6 is 35.6 Å². The Labute approximate surface area is 166 Å². The lowest BCUT2D eigenvalue weighted by Gasteiger charge is -2.36. The fourth-order valence-corrected chi connectivity index (χ4v) is 3.52. The van der Waals surface area contributed by atoms with Crippen molar-refractivity contribution >= 4 is 41.5 Å². The smallest absolute Gasteiger partial charge is 0.240 e. The molecule has 1 amide bonds. The molecule has 4 nitrogen and oxygen atoms in total. The van der Waals surface area contributed by atoms with Gasteiger partial charge < -0.3 is 15.8 Å². The number of benzene rings is 1. The summed E-state index contributed by atoms with van der Waals surface area (Å²) in [5, 5.41) is 4.14. The molecular formula is C18H27Cl3N2O2. The van der Waals surface area contributed by atoms with Crippen LogP contribution in [0, 0.1) is 0 Å². The van der Waals surface area contributed by atoms with Crippen LogP contribution in [0.1, 0.15) is 45.1 Å². The van der Waals surface area contributed by atoms with Gasteiger partial charge in [0.15, 0.2) is 0 Å². The number of rotatable bonds is 6. The van der Waals surface area contributed by atoms with Crippen molar-refractivity contribution in [2.45, 2.75) is 50.5 Å². The van der Waals surface area contributed by atoms with Crippen molar-refractivity contribution in [3.05, 3.63) is 33.8 Å². The first-order valence-electron chi connectivity index (χ1n) is 8.47. The van der Waals surface area contributed by atoms with E-state index in [0.29, 0.717) is 42.6 Å². The van der Waals surface area contributed by atoms with Gasteiger partial charge in [-0.25, -0.2) is 0 Å². The van der Waals surface area contributed by atoms with Gasteiger partial charge in [0.2, 0.25) is 5.91 Å². The zero-order chi connectivity index (χ0) is 17.8. The number of halogens is 3. The number of hydrogen-bond acceptors (Lipinski definition) is 3. The highest BCUT2D eigenvalue weighted by molar-refractivity contribution is 6.42. The number of carbonyl (C=O) groups excluding carboxylic acids is 1. The highest BCUT2D eigenvalue weighted by Gasteiger charge is 2.37. The van der Waals surface area contributed by atoms with E-state index >= 15 is 0 Å². The van der Waals surface area contributed by atoms with E-state index in [1.807, 2.05) is 18.2 Å². The van der Waals surface area contributed by atoms with E-state index in [4.69, 9.17) is 33.7 Å². The lowest BCUT2D eigenvalue weighted by atomic mass is 9.75. The molecule has 2 rings (SSSR count). The Kier molecular flexibility index (Phi) is 8.49. The number of hydrogen-bond donors (Lipinski definition) is 2. The second kappa shape index (κ2) is 9.43. The first-order chi connectivity index (χ1) is 11.4. The van der Waals surface area contributed by atoms with Crippen molar-refractivity contribution in [3.63, 3.8) is 0 Å². The zero-order valence-corrected chi connectivity index (χ0v) is 17.1. The molecule has 1 aromatic carbocycles. The Hall–Kier alpha value is -0.520. The second-order valence-corrected chi connectivity index (χ2v) is 7.38. The lowest BCUT2D eigenvalue weighted by Crippen LogP contribution is -2.58. The number of amides is 1. The molecular weight excluding hydrogens is 383 g/mol. The molecule has 0 saturated carbocycles. The third kappa shape index (κ3) is 5.01. The van der Waals surface area contributed by atoms with Crippen molar-refractivity contribution in [1.29, 1.82) is 0 Å². The molecule has 0 unspecified atom stereocenters. The van der Waals surface area contributed by atoms with Gasteiger partial charge in [0, 0.05) is 25.2 Å². The zero-order valence-electron chi connectivity index (χ0n) is 14.7. The minimum Gasteiger partial charge on any atom is -0.381 e. The molecule has 0 aromatic heterocycles. The van der Waals surface area contributed by atoms with Crippen LogP contribution < -0.4 is 11.1 Å². The fraction of sp³-hybridized carbons (Fsp3) is 0.611. The number of carbonyl (C=O) groups is 1. The predicted molar refractivity (Wildman–Crippen MR) is 106 cm³/mol. The summed E-state index contributed by atoms with van der Waals surface area (Å²) in [7, 11) is 0. The minimum atomic E-state index is -0.830. The molecule has 1 aliphatic rings. The first kappa shape index (κ1) is 22.5. The van der Waals surface area contributed by atoms with E-state index in [-0.39, 0.29) is 23.7 Å². The van der Waals surface area contributed by atoms with Gasteiger partial charge in [0.05, 0.1) is 15.6 Å². The molecule has 25 heavy (non-hydrogen) atoms. The normalized spacial score (nSPS) is 16.8. The van der Waals surface area contributed by atoms with Gasteiger partial charge in [-0.1, -0.05) is 43.1 Å². The van der Waals surface area contributed by atoms with Gasteiger partial charge in [-0.2, -0.15) is 0 Å². The quantitative estimate of drug-likeness (QED) is 0.743.